The molecule has 0 aliphatic heterocycles. The number of hydrogen-bond donors (Lipinski definition) is 2. The van der Waals surface area contributed by atoms with Crippen LogP contribution in [0.2, 0.25) is 0 Å². The van der Waals surface area contributed by atoms with E-state index >= 15 is 0 Å². The van der Waals surface area contributed by atoms with Crippen molar-refractivity contribution in [2.75, 3.05) is 17.3 Å². The summed E-state index contributed by atoms with van der Waals surface area (Å²) in [6.45, 7) is 3.92. The lowest BCUT2D eigenvalue weighted by Gasteiger charge is -2.14. The first kappa shape index (κ1) is 18.8. The Morgan fingerprint density at radius 2 is 1.60 bits per heavy atom. The summed E-state index contributed by atoms with van der Waals surface area (Å²) < 4.78 is 46.5. The molecule has 10 heteroatoms. The van der Waals surface area contributed by atoms with Crippen molar-refractivity contribution < 1.29 is 31.5 Å². The van der Waals surface area contributed by atoms with Crippen LogP contribution in [0, 0.1) is 0 Å². The van der Waals surface area contributed by atoms with Gasteiger partial charge in [-0.3, -0.25) is 4.79 Å². The second kappa shape index (κ2) is 7.02. The Hall–Kier alpha value is -1.16. The maximum atomic E-state index is 11.7. The molecule has 0 heterocycles. The molecule has 0 aromatic carbocycles. The average molecular weight is 329 g/mol. The minimum atomic E-state index is -3.91. The van der Waals surface area contributed by atoms with E-state index in [0.717, 1.165) is 6.92 Å². The highest BCUT2D eigenvalue weighted by Gasteiger charge is 2.28. The van der Waals surface area contributed by atoms with E-state index in [4.69, 9.17) is 5.11 Å². The Morgan fingerprint density at radius 1 is 1.10 bits per heavy atom. The van der Waals surface area contributed by atoms with Gasteiger partial charge in [0, 0.05) is 6.92 Å². The minimum absolute atomic E-state index is 0.570. The first-order chi connectivity index (χ1) is 8.87. The van der Waals surface area contributed by atoms with E-state index in [1.54, 1.807) is 0 Å². The maximum absolute atomic E-state index is 11.7. The monoisotopic (exact) mass is 329 g/mol. The molecule has 2 N–H and O–H groups in total. The maximum Gasteiger partial charge on any atom is 0.327 e. The standard InChI is InChI=1S/C10H19NO7S2/c1-7(2)20(17,18)5-4-19(15,16)6-9(10(13)14)11-8(3)12/h7,9H,4-6H2,1-3H3,(H,11,12)(H,13,14). The first-order valence-electron chi connectivity index (χ1n) is 5.79. The molecule has 0 saturated heterocycles. The van der Waals surface area contributed by atoms with Crippen LogP contribution in [0.3, 0.4) is 0 Å². The zero-order chi connectivity index (χ0) is 16.1. The fraction of sp³-hybridized carbons (Fsp3) is 0.800. The SMILES string of the molecule is CC(=O)NC(CS(=O)(=O)CCS(=O)(=O)C(C)C)C(=O)O. The minimum Gasteiger partial charge on any atom is -0.480 e. The van der Waals surface area contributed by atoms with Crippen molar-refractivity contribution in [3.8, 4) is 0 Å². The van der Waals surface area contributed by atoms with Gasteiger partial charge in [-0.25, -0.2) is 21.6 Å². The Labute approximate surface area is 118 Å². The summed E-state index contributed by atoms with van der Waals surface area (Å²) in [5.74, 6) is -4.25. The number of carbonyl (C=O) groups excluding carboxylic acids is 1. The van der Waals surface area contributed by atoms with Gasteiger partial charge in [-0.1, -0.05) is 0 Å². The molecule has 0 rings (SSSR count). The second-order valence-corrected chi connectivity index (χ2v) is 9.53. The Kier molecular flexibility index (Phi) is 6.62. The van der Waals surface area contributed by atoms with Gasteiger partial charge < -0.3 is 10.4 Å². The quantitative estimate of drug-likeness (QED) is 0.572. The van der Waals surface area contributed by atoms with Crippen molar-refractivity contribution in [1.29, 1.82) is 0 Å². The number of nitrogens with one attached hydrogen (secondary N) is 1. The van der Waals surface area contributed by atoms with Crippen LogP contribution in [0.15, 0.2) is 0 Å². The molecule has 118 valence electrons. The van der Waals surface area contributed by atoms with E-state index in [-0.39, 0.29) is 0 Å². The molecule has 0 aliphatic carbocycles. The molecular formula is C10H19NO7S2. The van der Waals surface area contributed by atoms with Gasteiger partial charge in [0.25, 0.3) is 0 Å². The molecule has 0 radical (unpaired) electrons. The zero-order valence-corrected chi connectivity index (χ0v) is 13.1. The van der Waals surface area contributed by atoms with Crippen LogP contribution in [0.4, 0.5) is 0 Å². The molecule has 8 nitrogen and oxygen atoms in total. The van der Waals surface area contributed by atoms with Gasteiger partial charge in [-0.2, -0.15) is 0 Å². The van der Waals surface area contributed by atoms with Gasteiger partial charge >= 0.3 is 5.97 Å². The number of rotatable bonds is 8. The molecular weight excluding hydrogens is 310 g/mol. The lowest BCUT2D eigenvalue weighted by molar-refractivity contribution is -0.140. The van der Waals surface area contributed by atoms with Crippen molar-refractivity contribution in [2.45, 2.75) is 32.1 Å². The van der Waals surface area contributed by atoms with E-state index in [1.807, 2.05) is 5.32 Å². The number of hydrogen-bond acceptors (Lipinski definition) is 6. The summed E-state index contributed by atoms with van der Waals surface area (Å²) in [6.07, 6.45) is 0. The topological polar surface area (TPSA) is 135 Å². The third kappa shape index (κ3) is 6.85. The molecule has 0 saturated carbocycles. The van der Waals surface area contributed by atoms with Crippen molar-refractivity contribution in [1.82, 2.24) is 5.32 Å². The van der Waals surface area contributed by atoms with E-state index in [9.17, 15) is 26.4 Å². The number of carboxylic acid groups (broad SMARTS) is 1. The summed E-state index contributed by atoms with van der Waals surface area (Å²) >= 11 is 0. The predicted octanol–water partition coefficient (Wildman–Crippen LogP) is -1.19. The Balaban J connectivity index is 4.82. The van der Waals surface area contributed by atoms with Crippen molar-refractivity contribution in [2.24, 2.45) is 0 Å². The van der Waals surface area contributed by atoms with E-state index in [1.165, 1.54) is 13.8 Å². The van der Waals surface area contributed by atoms with Crippen LogP contribution in [0.25, 0.3) is 0 Å². The third-order valence-corrected chi connectivity index (χ3v) is 6.63. The number of sulfone groups is 2. The number of amides is 1. The van der Waals surface area contributed by atoms with Gasteiger partial charge in [0.2, 0.25) is 5.91 Å². The lowest BCUT2D eigenvalue weighted by atomic mass is 10.3. The number of carboxylic acids is 1. The molecule has 0 aliphatic rings. The molecule has 0 aromatic rings. The fourth-order valence-corrected chi connectivity index (χ4v) is 4.55. The molecule has 0 spiro atoms. The normalized spacial score (nSPS) is 14.0. The number of carbonyl (C=O) groups is 2. The smallest absolute Gasteiger partial charge is 0.327 e. The molecule has 0 fully saturated rings. The lowest BCUT2D eigenvalue weighted by Crippen LogP contribution is -2.45. The van der Waals surface area contributed by atoms with E-state index < -0.39 is 60.1 Å². The molecule has 1 unspecified atom stereocenters. The van der Waals surface area contributed by atoms with Crippen LogP contribution in [-0.2, 0) is 29.3 Å². The van der Waals surface area contributed by atoms with Crippen LogP contribution in [-0.4, -0.2) is 62.4 Å². The Morgan fingerprint density at radius 3 is 1.95 bits per heavy atom. The molecule has 20 heavy (non-hydrogen) atoms. The highest BCUT2D eigenvalue weighted by molar-refractivity contribution is 7.95. The van der Waals surface area contributed by atoms with E-state index in [2.05, 4.69) is 0 Å². The van der Waals surface area contributed by atoms with Gasteiger partial charge in [0.1, 0.15) is 6.04 Å². The van der Waals surface area contributed by atoms with E-state index in [0.29, 0.717) is 0 Å². The molecule has 0 bridgehead atoms. The van der Waals surface area contributed by atoms with Gasteiger partial charge in [-0.15, -0.1) is 0 Å². The molecule has 1 atom stereocenters. The number of aliphatic carboxylic acids is 1. The summed E-state index contributed by atoms with van der Waals surface area (Å²) in [6, 6.07) is -1.58. The average Bonchev–Trinajstić information content (AvgIpc) is 2.24. The van der Waals surface area contributed by atoms with Crippen molar-refractivity contribution >= 4 is 31.6 Å². The van der Waals surface area contributed by atoms with Crippen molar-refractivity contribution in [3.63, 3.8) is 0 Å². The summed E-state index contributed by atoms with van der Waals surface area (Å²) in [5.41, 5.74) is 0. The highest BCUT2D eigenvalue weighted by atomic mass is 32.2. The largest absolute Gasteiger partial charge is 0.480 e. The van der Waals surface area contributed by atoms with Crippen LogP contribution in [0.1, 0.15) is 20.8 Å². The first-order valence-corrected chi connectivity index (χ1v) is 9.33. The van der Waals surface area contributed by atoms with Crippen LogP contribution < -0.4 is 5.32 Å². The predicted molar refractivity (Wildman–Crippen MR) is 72.8 cm³/mol. The molecule has 1 amide bonds. The van der Waals surface area contributed by atoms with Gasteiger partial charge in [0.15, 0.2) is 19.7 Å². The zero-order valence-electron chi connectivity index (χ0n) is 11.5. The van der Waals surface area contributed by atoms with Crippen molar-refractivity contribution in [3.05, 3.63) is 0 Å². The highest BCUT2D eigenvalue weighted by Crippen LogP contribution is 2.04. The fourth-order valence-electron chi connectivity index (χ4n) is 1.24. The van der Waals surface area contributed by atoms with Crippen LogP contribution >= 0.6 is 0 Å². The summed E-state index contributed by atoms with van der Waals surface area (Å²) in [4.78, 5) is 21.6. The van der Waals surface area contributed by atoms with Crippen LogP contribution in [0.5, 0.6) is 0 Å². The third-order valence-electron chi connectivity index (χ3n) is 2.49. The van der Waals surface area contributed by atoms with Gasteiger partial charge in [0.05, 0.1) is 22.5 Å². The summed E-state index contributed by atoms with van der Waals surface area (Å²) in [5, 5.41) is 10.1. The summed E-state index contributed by atoms with van der Waals surface area (Å²) in [7, 11) is -7.44. The Bertz CT molecular complexity index is 562. The van der Waals surface area contributed by atoms with Gasteiger partial charge in [-0.05, 0) is 13.8 Å². The second-order valence-electron chi connectivity index (χ2n) is 4.62. The molecule has 0 aromatic heterocycles.